The highest BCUT2D eigenvalue weighted by Crippen LogP contribution is 2.38. The number of hydrogen-bond donors (Lipinski definition) is 1. The molecule has 1 unspecified atom stereocenters. The molecule has 0 saturated heterocycles. The van der Waals surface area contributed by atoms with Gasteiger partial charge in [0.05, 0.1) is 16.9 Å². The number of nitrogens with zero attached hydrogens (tertiary/aromatic N) is 3. The van der Waals surface area contributed by atoms with Gasteiger partial charge in [0.1, 0.15) is 5.92 Å². The summed E-state index contributed by atoms with van der Waals surface area (Å²) in [6.45, 7) is 7.27. The number of nitrogens with one attached hydrogen (secondary N) is 1. The second-order valence-electron chi connectivity index (χ2n) is 8.69. The fourth-order valence-corrected chi connectivity index (χ4v) is 4.73. The number of rotatable bonds is 7. The van der Waals surface area contributed by atoms with Crippen molar-refractivity contribution in [2.75, 3.05) is 18.4 Å². The summed E-state index contributed by atoms with van der Waals surface area (Å²) in [4.78, 5) is 25.0. The maximum absolute atomic E-state index is 13.2. The topological polar surface area (TPSA) is 57.6 Å². The monoisotopic (exact) mass is 482 g/mol. The van der Waals surface area contributed by atoms with Gasteiger partial charge < -0.3 is 5.32 Å². The van der Waals surface area contributed by atoms with Crippen molar-refractivity contribution < 1.29 is 4.79 Å². The van der Waals surface area contributed by atoms with E-state index < -0.39 is 5.92 Å². The molecule has 2 heterocycles. The van der Waals surface area contributed by atoms with Crippen molar-refractivity contribution >= 4 is 45.5 Å². The van der Waals surface area contributed by atoms with Gasteiger partial charge in [0.15, 0.2) is 0 Å². The molecular formula is C29H27ClN4O. The van der Waals surface area contributed by atoms with Crippen LogP contribution in [0.1, 0.15) is 36.5 Å². The van der Waals surface area contributed by atoms with Crippen LogP contribution in [0.15, 0.2) is 84.0 Å². The zero-order valence-electron chi connectivity index (χ0n) is 19.8. The number of benzene rings is 3. The van der Waals surface area contributed by atoms with Crippen LogP contribution in [0.4, 0.5) is 11.4 Å². The van der Waals surface area contributed by atoms with E-state index in [-0.39, 0.29) is 5.91 Å². The number of halogens is 1. The van der Waals surface area contributed by atoms with Crippen molar-refractivity contribution in [3.05, 3.63) is 101 Å². The lowest BCUT2D eigenvalue weighted by Crippen LogP contribution is -2.22. The molecule has 1 aliphatic rings. The Morgan fingerprint density at radius 2 is 1.83 bits per heavy atom. The maximum Gasteiger partial charge on any atom is 0.238 e. The number of pyridine rings is 1. The van der Waals surface area contributed by atoms with E-state index in [0.717, 1.165) is 53.0 Å². The van der Waals surface area contributed by atoms with Crippen molar-refractivity contribution in [3.8, 4) is 0 Å². The summed E-state index contributed by atoms with van der Waals surface area (Å²) in [5, 5.41) is 4.57. The number of amides is 1. The lowest BCUT2D eigenvalue weighted by Gasteiger charge is -2.18. The Balaban J connectivity index is 1.59. The van der Waals surface area contributed by atoms with Crippen molar-refractivity contribution in [1.29, 1.82) is 0 Å². The van der Waals surface area contributed by atoms with Crippen molar-refractivity contribution in [2.24, 2.45) is 4.99 Å². The molecule has 0 spiro atoms. The van der Waals surface area contributed by atoms with Crippen LogP contribution in [0.3, 0.4) is 0 Å². The molecule has 176 valence electrons. The lowest BCUT2D eigenvalue weighted by molar-refractivity contribution is -0.115. The minimum atomic E-state index is -0.535. The SMILES string of the molecule is CCN(CC)Cc1ccc(N=C(c2ccc3ncccc3c2)C2C(=O)Nc3cc(Cl)ccc32)cc1. The van der Waals surface area contributed by atoms with Gasteiger partial charge in [-0.15, -0.1) is 0 Å². The van der Waals surface area contributed by atoms with E-state index in [1.807, 2.05) is 48.5 Å². The Morgan fingerprint density at radius 1 is 1.03 bits per heavy atom. The molecule has 3 aromatic carbocycles. The van der Waals surface area contributed by atoms with Gasteiger partial charge in [-0.25, -0.2) is 0 Å². The maximum atomic E-state index is 13.2. The van der Waals surface area contributed by atoms with E-state index in [0.29, 0.717) is 10.7 Å². The Bertz CT molecular complexity index is 1410. The third-order valence-electron chi connectivity index (χ3n) is 6.51. The summed E-state index contributed by atoms with van der Waals surface area (Å²) >= 11 is 6.19. The molecule has 1 amide bonds. The van der Waals surface area contributed by atoms with Crippen molar-refractivity contribution in [1.82, 2.24) is 9.88 Å². The molecule has 1 aliphatic heterocycles. The second-order valence-corrected chi connectivity index (χ2v) is 9.13. The number of aliphatic imine (C=N–C) groups is 1. The van der Waals surface area contributed by atoms with Gasteiger partial charge in [-0.05, 0) is 72.2 Å². The molecule has 0 aliphatic carbocycles. The first kappa shape index (κ1) is 23.2. The number of carbonyl (C=O) groups is 1. The fraction of sp³-hybridized carbons (Fsp3) is 0.207. The van der Waals surface area contributed by atoms with Gasteiger partial charge >= 0.3 is 0 Å². The standard InChI is InChI=1S/C29H27ClN4O/c1-3-34(4-2)18-19-7-11-23(12-8-19)32-28(21-9-14-25-20(16-21)6-5-15-31-25)27-24-13-10-22(30)17-26(24)33-29(27)35/h5-17,27H,3-4,18H2,1-2H3,(H,33,35). The third kappa shape index (κ3) is 4.83. The van der Waals surface area contributed by atoms with E-state index >= 15 is 0 Å². The molecule has 0 bridgehead atoms. The molecule has 1 atom stereocenters. The molecule has 0 radical (unpaired) electrons. The highest BCUT2D eigenvalue weighted by atomic mass is 35.5. The van der Waals surface area contributed by atoms with E-state index in [4.69, 9.17) is 16.6 Å². The van der Waals surface area contributed by atoms with Gasteiger partial charge in [-0.2, -0.15) is 0 Å². The van der Waals surface area contributed by atoms with Crippen LogP contribution in [0.5, 0.6) is 0 Å². The van der Waals surface area contributed by atoms with Crippen LogP contribution in [0.2, 0.25) is 5.02 Å². The average Bonchev–Trinajstić information content (AvgIpc) is 3.20. The van der Waals surface area contributed by atoms with Gasteiger partial charge in [0.25, 0.3) is 0 Å². The van der Waals surface area contributed by atoms with E-state index in [1.54, 1.807) is 12.3 Å². The Morgan fingerprint density at radius 3 is 2.60 bits per heavy atom. The normalized spacial score (nSPS) is 15.5. The molecule has 1 aromatic heterocycles. The van der Waals surface area contributed by atoms with Crippen molar-refractivity contribution in [2.45, 2.75) is 26.3 Å². The lowest BCUT2D eigenvalue weighted by atomic mass is 9.90. The van der Waals surface area contributed by atoms with Crippen LogP contribution in [0, 0.1) is 0 Å². The largest absolute Gasteiger partial charge is 0.325 e. The summed E-state index contributed by atoms with van der Waals surface area (Å²) in [5.41, 5.74) is 6.15. The van der Waals surface area contributed by atoms with Crippen LogP contribution in [0.25, 0.3) is 10.9 Å². The Labute approximate surface area is 210 Å². The van der Waals surface area contributed by atoms with E-state index in [1.165, 1.54) is 5.56 Å². The number of hydrogen-bond acceptors (Lipinski definition) is 4. The molecule has 0 saturated carbocycles. The number of carbonyl (C=O) groups excluding carboxylic acids is 1. The molecular weight excluding hydrogens is 456 g/mol. The minimum absolute atomic E-state index is 0.106. The zero-order valence-corrected chi connectivity index (χ0v) is 20.6. The molecule has 1 N–H and O–H groups in total. The van der Waals surface area contributed by atoms with Gasteiger partial charge in [0, 0.05) is 28.8 Å². The van der Waals surface area contributed by atoms with Crippen molar-refractivity contribution in [3.63, 3.8) is 0 Å². The van der Waals surface area contributed by atoms with Gasteiger partial charge in [0.2, 0.25) is 5.91 Å². The molecule has 5 nitrogen and oxygen atoms in total. The van der Waals surface area contributed by atoms with Crippen LogP contribution in [-0.4, -0.2) is 34.6 Å². The highest BCUT2D eigenvalue weighted by Gasteiger charge is 2.35. The predicted octanol–water partition coefficient (Wildman–Crippen LogP) is 6.59. The molecule has 6 heteroatoms. The van der Waals surface area contributed by atoms with E-state index in [9.17, 15) is 4.79 Å². The summed E-state index contributed by atoms with van der Waals surface area (Å²) in [7, 11) is 0. The third-order valence-corrected chi connectivity index (χ3v) is 6.74. The summed E-state index contributed by atoms with van der Waals surface area (Å²) in [5.74, 6) is -0.641. The summed E-state index contributed by atoms with van der Waals surface area (Å²) in [6, 6.07) is 23.7. The minimum Gasteiger partial charge on any atom is -0.325 e. The molecule has 0 fully saturated rings. The first-order valence-corrected chi connectivity index (χ1v) is 12.3. The number of aromatic nitrogens is 1. The first-order valence-electron chi connectivity index (χ1n) is 11.9. The number of anilines is 1. The molecule has 5 rings (SSSR count). The summed E-state index contributed by atoms with van der Waals surface area (Å²) < 4.78 is 0. The van der Waals surface area contributed by atoms with E-state index in [2.05, 4.69) is 47.2 Å². The smallest absolute Gasteiger partial charge is 0.238 e. The zero-order chi connectivity index (χ0) is 24.4. The van der Waals surface area contributed by atoms with Crippen LogP contribution < -0.4 is 5.32 Å². The first-order chi connectivity index (χ1) is 17.1. The molecule has 35 heavy (non-hydrogen) atoms. The summed E-state index contributed by atoms with van der Waals surface area (Å²) in [6.07, 6.45) is 1.78. The molecule has 4 aromatic rings. The Hall–Kier alpha value is -3.54. The van der Waals surface area contributed by atoms with Gasteiger partial charge in [-0.3, -0.25) is 19.7 Å². The fourth-order valence-electron chi connectivity index (χ4n) is 4.56. The van der Waals surface area contributed by atoms with Gasteiger partial charge in [-0.1, -0.05) is 55.8 Å². The quantitative estimate of drug-likeness (QED) is 0.302. The second kappa shape index (κ2) is 9.98. The Kier molecular flexibility index (Phi) is 6.62. The van der Waals surface area contributed by atoms with Crippen LogP contribution >= 0.6 is 11.6 Å². The van der Waals surface area contributed by atoms with Crippen LogP contribution in [-0.2, 0) is 11.3 Å². The average molecular weight is 483 g/mol. The number of fused-ring (bicyclic) bond motifs is 2. The predicted molar refractivity (Wildman–Crippen MR) is 144 cm³/mol. The highest BCUT2D eigenvalue weighted by molar-refractivity contribution is 6.31.